The van der Waals surface area contributed by atoms with Crippen molar-refractivity contribution in [1.29, 1.82) is 0 Å². The fraction of sp³-hybridized carbons (Fsp3) is 0.565. The third-order valence-electron chi connectivity index (χ3n) is 5.50. The summed E-state index contributed by atoms with van der Waals surface area (Å²) in [6.07, 6.45) is 6.85. The molecule has 1 aromatic rings. The number of hydrogen-bond acceptors (Lipinski definition) is 3. The SMILES string of the molecule is CC[C@H](C(=O)/C=C/c1ccccc1)C(=O)O[C@@H]1C[C@H](C)CC[C@@H]1C(C)C. The standard InChI is InChI=1S/C23H32O3/c1-5-19(21(24)14-12-18-9-7-6-8-10-18)23(25)26-22-15-17(4)11-13-20(22)16(2)3/h6-10,12,14,16-17,19-20,22H,5,11,13,15H2,1-4H3/b14-12+/t17-,19-,20-,22-/m1/s1. The van der Waals surface area contributed by atoms with Crippen molar-refractivity contribution in [2.24, 2.45) is 23.7 Å². The third kappa shape index (κ3) is 5.55. The van der Waals surface area contributed by atoms with E-state index in [0.717, 1.165) is 18.4 Å². The predicted octanol–water partition coefficient (Wildman–Crippen LogP) is 5.30. The van der Waals surface area contributed by atoms with Crippen molar-refractivity contribution in [2.45, 2.75) is 59.5 Å². The minimum Gasteiger partial charge on any atom is -0.462 e. The summed E-state index contributed by atoms with van der Waals surface area (Å²) in [6.45, 7) is 8.45. The van der Waals surface area contributed by atoms with Crippen molar-refractivity contribution in [3.05, 3.63) is 42.0 Å². The minimum atomic E-state index is -0.708. The summed E-state index contributed by atoms with van der Waals surface area (Å²) in [5.41, 5.74) is 0.949. The number of esters is 1. The summed E-state index contributed by atoms with van der Waals surface area (Å²) >= 11 is 0. The first kappa shape index (κ1) is 20.4. The normalized spacial score (nSPS) is 24.6. The van der Waals surface area contributed by atoms with Crippen LogP contribution in [-0.4, -0.2) is 17.9 Å². The van der Waals surface area contributed by atoms with Gasteiger partial charge in [0.1, 0.15) is 12.0 Å². The first-order chi connectivity index (χ1) is 12.4. The van der Waals surface area contributed by atoms with E-state index in [9.17, 15) is 9.59 Å². The molecule has 0 unspecified atom stereocenters. The molecule has 1 fully saturated rings. The van der Waals surface area contributed by atoms with E-state index in [4.69, 9.17) is 4.74 Å². The quantitative estimate of drug-likeness (QED) is 0.378. The Morgan fingerprint density at radius 2 is 1.88 bits per heavy atom. The van der Waals surface area contributed by atoms with E-state index in [1.54, 1.807) is 6.08 Å². The Hall–Kier alpha value is -1.90. The maximum Gasteiger partial charge on any atom is 0.317 e. The fourth-order valence-corrected chi connectivity index (χ4v) is 3.82. The predicted molar refractivity (Wildman–Crippen MR) is 105 cm³/mol. The molecule has 4 atom stereocenters. The number of carbonyl (C=O) groups is 2. The lowest BCUT2D eigenvalue weighted by Crippen LogP contribution is -2.38. The average Bonchev–Trinajstić information content (AvgIpc) is 2.61. The van der Waals surface area contributed by atoms with Gasteiger partial charge in [-0.05, 0) is 48.7 Å². The van der Waals surface area contributed by atoms with Crippen molar-refractivity contribution in [1.82, 2.24) is 0 Å². The van der Waals surface area contributed by atoms with Gasteiger partial charge in [-0.25, -0.2) is 0 Å². The van der Waals surface area contributed by atoms with Gasteiger partial charge in [0.2, 0.25) is 0 Å². The van der Waals surface area contributed by atoms with Gasteiger partial charge in [0, 0.05) is 0 Å². The van der Waals surface area contributed by atoms with Gasteiger partial charge in [-0.15, -0.1) is 0 Å². The van der Waals surface area contributed by atoms with Crippen molar-refractivity contribution in [2.75, 3.05) is 0 Å². The van der Waals surface area contributed by atoms with Gasteiger partial charge in [0.15, 0.2) is 5.78 Å². The van der Waals surface area contributed by atoms with Crippen LogP contribution in [0.5, 0.6) is 0 Å². The van der Waals surface area contributed by atoms with Crippen molar-refractivity contribution in [3.63, 3.8) is 0 Å². The molecule has 3 nitrogen and oxygen atoms in total. The lowest BCUT2D eigenvalue weighted by molar-refractivity contribution is -0.162. The summed E-state index contributed by atoms with van der Waals surface area (Å²) in [7, 11) is 0. The van der Waals surface area contributed by atoms with Gasteiger partial charge < -0.3 is 4.74 Å². The van der Waals surface area contributed by atoms with E-state index in [0.29, 0.717) is 24.2 Å². The van der Waals surface area contributed by atoms with Crippen LogP contribution >= 0.6 is 0 Å². The molecule has 0 saturated heterocycles. The van der Waals surface area contributed by atoms with Crippen LogP contribution in [-0.2, 0) is 14.3 Å². The maximum atomic E-state index is 12.7. The van der Waals surface area contributed by atoms with E-state index < -0.39 is 5.92 Å². The van der Waals surface area contributed by atoms with Crippen LogP contribution in [0.2, 0.25) is 0 Å². The van der Waals surface area contributed by atoms with E-state index in [2.05, 4.69) is 20.8 Å². The Morgan fingerprint density at radius 3 is 2.50 bits per heavy atom. The molecule has 1 aliphatic carbocycles. The Labute approximate surface area is 157 Å². The summed E-state index contributed by atoms with van der Waals surface area (Å²) in [4.78, 5) is 25.2. The fourth-order valence-electron chi connectivity index (χ4n) is 3.82. The van der Waals surface area contributed by atoms with E-state index in [1.165, 1.54) is 12.5 Å². The molecule has 1 aliphatic rings. The molecule has 26 heavy (non-hydrogen) atoms. The molecule has 0 aliphatic heterocycles. The zero-order valence-electron chi connectivity index (χ0n) is 16.5. The molecule has 1 saturated carbocycles. The molecular weight excluding hydrogens is 324 g/mol. The number of rotatable bonds is 7. The highest BCUT2D eigenvalue weighted by Crippen LogP contribution is 2.35. The van der Waals surface area contributed by atoms with Gasteiger partial charge in [-0.2, -0.15) is 0 Å². The highest BCUT2D eigenvalue weighted by atomic mass is 16.5. The minimum absolute atomic E-state index is 0.0637. The molecule has 0 heterocycles. The Kier molecular flexibility index (Phi) is 7.62. The van der Waals surface area contributed by atoms with Crippen LogP contribution in [0.25, 0.3) is 6.08 Å². The molecule has 2 rings (SSSR count). The lowest BCUT2D eigenvalue weighted by atomic mass is 9.75. The van der Waals surface area contributed by atoms with E-state index in [-0.39, 0.29) is 17.9 Å². The summed E-state index contributed by atoms with van der Waals surface area (Å²) in [5.74, 6) is 0.194. The van der Waals surface area contributed by atoms with Gasteiger partial charge in [-0.3, -0.25) is 9.59 Å². The Balaban J connectivity index is 2.02. The summed E-state index contributed by atoms with van der Waals surface area (Å²) in [5, 5.41) is 0. The number of carbonyl (C=O) groups excluding carboxylic acids is 2. The second-order valence-corrected chi connectivity index (χ2v) is 7.91. The van der Waals surface area contributed by atoms with Crippen molar-refractivity contribution >= 4 is 17.8 Å². The third-order valence-corrected chi connectivity index (χ3v) is 5.50. The Bertz CT molecular complexity index is 618. The zero-order chi connectivity index (χ0) is 19.1. The van der Waals surface area contributed by atoms with Crippen LogP contribution in [0.3, 0.4) is 0 Å². The van der Waals surface area contributed by atoms with Crippen LogP contribution in [0, 0.1) is 23.7 Å². The van der Waals surface area contributed by atoms with Gasteiger partial charge in [0.05, 0.1) is 0 Å². The second kappa shape index (κ2) is 9.70. The average molecular weight is 357 g/mol. The molecule has 3 heteroatoms. The molecule has 142 valence electrons. The molecule has 1 aromatic carbocycles. The van der Waals surface area contributed by atoms with E-state index in [1.807, 2.05) is 37.3 Å². The first-order valence-electron chi connectivity index (χ1n) is 9.89. The number of ketones is 1. The maximum absolute atomic E-state index is 12.7. The zero-order valence-corrected chi connectivity index (χ0v) is 16.5. The van der Waals surface area contributed by atoms with Crippen molar-refractivity contribution in [3.8, 4) is 0 Å². The molecule has 0 N–H and O–H groups in total. The molecule has 0 amide bonds. The first-order valence-corrected chi connectivity index (χ1v) is 9.89. The molecule has 0 spiro atoms. The van der Waals surface area contributed by atoms with Crippen LogP contribution in [0.15, 0.2) is 36.4 Å². The second-order valence-electron chi connectivity index (χ2n) is 7.91. The molecule has 0 aromatic heterocycles. The number of ether oxygens (including phenoxy) is 1. The van der Waals surface area contributed by atoms with Crippen LogP contribution in [0.4, 0.5) is 0 Å². The smallest absolute Gasteiger partial charge is 0.317 e. The lowest BCUT2D eigenvalue weighted by Gasteiger charge is -2.37. The molecule has 0 radical (unpaired) electrons. The van der Waals surface area contributed by atoms with E-state index >= 15 is 0 Å². The van der Waals surface area contributed by atoms with Gasteiger partial charge >= 0.3 is 5.97 Å². The highest BCUT2D eigenvalue weighted by molar-refractivity contribution is 6.06. The monoisotopic (exact) mass is 356 g/mol. The highest BCUT2D eigenvalue weighted by Gasteiger charge is 2.35. The van der Waals surface area contributed by atoms with Crippen LogP contribution < -0.4 is 0 Å². The summed E-state index contributed by atoms with van der Waals surface area (Å²) < 4.78 is 5.87. The summed E-state index contributed by atoms with van der Waals surface area (Å²) in [6, 6.07) is 9.64. The Morgan fingerprint density at radius 1 is 1.19 bits per heavy atom. The van der Waals surface area contributed by atoms with Crippen molar-refractivity contribution < 1.29 is 14.3 Å². The van der Waals surface area contributed by atoms with Gasteiger partial charge in [-0.1, -0.05) is 70.5 Å². The number of hydrogen-bond donors (Lipinski definition) is 0. The largest absolute Gasteiger partial charge is 0.462 e. The number of allylic oxidation sites excluding steroid dienone is 1. The molecule has 0 bridgehead atoms. The molecular formula is C23H32O3. The number of benzene rings is 1. The topological polar surface area (TPSA) is 43.4 Å². The van der Waals surface area contributed by atoms with Gasteiger partial charge in [0.25, 0.3) is 0 Å². The van der Waals surface area contributed by atoms with Crippen LogP contribution in [0.1, 0.15) is 58.9 Å².